The van der Waals surface area contributed by atoms with Crippen LogP contribution < -0.4 is 10.6 Å². The SMILES string of the molecule is CNCCCC(=O)NCCCOCC1CCCO1. The molecular weight excluding hydrogens is 232 g/mol. The van der Waals surface area contributed by atoms with Crippen molar-refractivity contribution in [3.05, 3.63) is 0 Å². The lowest BCUT2D eigenvalue weighted by atomic mass is 10.2. The van der Waals surface area contributed by atoms with Gasteiger partial charge in [-0.2, -0.15) is 0 Å². The summed E-state index contributed by atoms with van der Waals surface area (Å²) in [7, 11) is 1.89. The van der Waals surface area contributed by atoms with Crippen molar-refractivity contribution in [1.29, 1.82) is 0 Å². The first-order chi connectivity index (χ1) is 8.83. The van der Waals surface area contributed by atoms with Crippen molar-refractivity contribution in [3.8, 4) is 0 Å². The Morgan fingerprint density at radius 3 is 3.00 bits per heavy atom. The highest BCUT2D eigenvalue weighted by molar-refractivity contribution is 5.75. The van der Waals surface area contributed by atoms with Gasteiger partial charge in [0.15, 0.2) is 0 Å². The second-order valence-corrected chi connectivity index (χ2v) is 4.62. The van der Waals surface area contributed by atoms with Crippen molar-refractivity contribution in [2.24, 2.45) is 0 Å². The molecule has 1 heterocycles. The summed E-state index contributed by atoms with van der Waals surface area (Å²) >= 11 is 0. The van der Waals surface area contributed by atoms with Crippen LogP contribution in [-0.4, -0.2) is 52.0 Å². The van der Waals surface area contributed by atoms with E-state index < -0.39 is 0 Å². The molecule has 0 aliphatic carbocycles. The molecule has 0 radical (unpaired) electrons. The van der Waals surface area contributed by atoms with E-state index >= 15 is 0 Å². The molecular formula is C13H26N2O3. The molecule has 1 saturated heterocycles. The Labute approximate surface area is 110 Å². The zero-order valence-corrected chi connectivity index (χ0v) is 11.4. The minimum Gasteiger partial charge on any atom is -0.379 e. The van der Waals surface area contributed by atoms with Gasteiger partial charge in [-0.15, -0.1) is 0 Å². The number of ether oxygens (including phenoxy) is 2. The van der Waals surface area contributed by atoms with E-state index in [1.165, 1.54) is 0 Å². The lowest BCUT2D eigenvalue weighted by Crippen LogP contribution is -2.26. The van der Waals surface area contributed by atoms with Gasteiger partial charge in [-0.3, -0.25) is 4.79 Å². The highest BCUT2D eigenvalue weighted by Crippen LogP contribution is 2.11. The number of amides is 1. The number of hydrogen-bond donors (Lipinski definition) is 2. The minimum absolute atomic E-state index is 0.129. The van der Waals surface area contributed by atoms with Gasteiger partial charge in [0.25, 0.3) is 0 Å². The summed E-state index contributed by atoms with van der Waals surface area (Å²) < 4.78 is 11.0. The summed E-state index contributed by atoms with van der Waals surface area (Å²) in [5.41, 5.74) is 0. The summed E-state index contributed by atoms with van der Waals surface area (Å²) in [4.78, 5) is 11.4. The third-order valence-electron chi connectivity index (χ3n) is 2.95. The Morgan fingerprint density at radius 1 is 1.39 bits per heavy atom. The first-order valence-electron chi connectivity index (χ1n) is 6.93. The number of rotatable bonds is 10. The van der Waals surface area contributed by atoms with Gasteiger partial charge in [-0.1, -0.05) is 0 Å². The van der Waals surface area contributed by atoms with E-state index in [0.29, 0.717) is 32.3 Å². The van der Waals surface area contributed by atoms with E-state index in [1.54, 1.807) is 0 Å². The van der Waals surface area contributed by atoms with Gasteiger partial charge in [-0.25, -0.2) is 0 Å². The molecule has 1 rings (SSSR count). The van der Waals surface area contributed by atoms with Gasteiger partial charge in [0.1, 0.15) is 0 Å². The van der Waals surface area contributed by atoms with Crippen LogP contribution in [0.1, 0.15) is 32.1 Å². The molecule has 1 atom stereocenters. The third-order valence-corrected chi connectivity index (χ3v) is 2.95. The monoisotopic (exact) mass is 258 g/mol. The first-order valence-corrected chi connectivity index (χ1v) is 6.93. The van der Waals surface area contributed by atoms with Crippen LogP contribution in [0.5, 0.6) is 0 Å². The Hall–Kier alpha value is -0.650. The van der Waals surface area contributed by atoms with Gasteiger partial charge in [0.05, 0.1) is 12.7 Å². The van der Waals surface area contributed by atoms with Crippen LogP contribution >= 0.6 is 0 Å². The van der Waals surface area contributed by atoms with Crippen molar-refractivity contribution < 1.29 is 14.3 Å². The smallest absolute Gasteiger partial charge is 0.220 e. The molecule has 5 heteroatoms. The molecule has 0 saturated carbocycles. The average Bonchev–Trinajstić information content (AvgIpc) is 2.87. The minimum atomic E-state index is 0.129. The zero-order chi connectivity index (χ0) is 13.1. The fourth-order valence-corrected chi connectivity index (χ4v) is 1.91. The molecule has 1 aliphatic heterocycles. The Kier molecular flexibility index (Phi) is 8.81. The number of carbonyl (C=O) groups excluding carboxylic acids is 1. The molecule has 0 aromatic heterocycles. The van der Waals surface area contributed by atoms with Crippen molar-refractivity contribution in [3.63, 3.8) is 0 Å². The maximum absolute atomic E-state index is 11.4. The average molecular weight is 258 g/mol. The lowest BCUT2D eigenvalue weighted by Gasteiger charge is -2.10. The first kappa shape index (κ1) is 15.4. The Bertz CT molecular complexity index is 218. The normalized spacial score (nSPS) is 19.1. The molecule has 1 fully saturated rings. The van der Waals surface area contributed by atoms with Gasteiger partial charge >= 0.3 is 0 Å². The van der Waals surface area contributed by atoms with Crippen molar-refractivity contribution in [2.75, 3.05) is 40.0 Å². The van der Waals surface area contributed by atoms with E-state index in [0.717, 1.165) is 38.8 Å². The summed E-state index contributed by atoms with van der Waals surface area (Å²) in [5.74, 6) is 0.129. The van der Waals surface area contributed by atoms with E-state index in [9.17, 15) is 4.79 Å². The van der Waals surface area contributed by atoms with E-state index in [2.05, 4.69) is 10.6 Å². The molecule has 0 aromatic rings. The Balaban J connectivity index is 1.81. The van der Waals surface area contributed by atoms with E-state index in [4.69, 9.17) is 9.47 Å². The zero-order valence-electron chi connectivity index (χ0n) is 11.4. The maximum Gasteiger partial charge on any atom is 0.220 e. The molecule has 0 bridgehead atoms. The molecule has 18 heavy (non-hydrogen) atoms. The summed E-state index contributed by atoms with van der Waals surface area (Å²) in [5, 5.41) is 5.91. The highest BCUT2D eigenvalue weighted by atomic mass is 16.5. The lowest BCUT2D eigenvalue weighted by molar-refractivity contribution is -0.121. The van der Waals surface area contributed by atoms with Gasteiger partial charge < -0.3 is 20.1 Å². The molecule has 1 unspecified atom stereocenters. The predicted molar refractivity (Wildman–Crippen MR) is 70.6 cm³/mol. The number of carbonyl (C=O) groups is 1. The van der Waals surface area contributed by atoms with Crippen LogP contribution in [0.25, 0.3) is 0 Å². The van der Waals surface area contributed by atoms with Crippen molar-refractivity contribution in [2.45, 2.75) is 38.2 Å². The maximum atomic E-state index is 11.4. The van der Waals surface area contributed by atoms with Crippen LogP contribution in [0, 0.1) is 0 Å². The van der Waals surface area contributed by atoms with Crippen LogP contribution in [0.2, 0.25) is 0 Å². The van der Waals surface area contributed by atoms with Crippen LogP contribution in [-0.2, 0) is 14.3 Å². The molecule has 0 spiro atoms. The summed E-state index contributed by atoms with van der Waals surface area (Å²) in [6.07, 6.45) is 4.90. The quantitative estimate of drug-likeness (QED) is 0.566. The molecule has 1 aliphatic rings. The highest BCUT2D eigenvalue weighted by Gasteiger charge is 2.14. The van der Waals surface area contributed by atoms with Crippen molar-refractivity contribution >= 4 is 5.91 Å². The topological polar surface area (TPSA) is 59.6 Å². The molecule has 5 nitrogen and oxygen atoms in total. The van der Waals surface area contributed by atoms with E-state index in [-0.39, 0.29) is 5.91 Å². The predicted octanol–water partition coefficient (Wildman–Crippen LogP) is 0.688. The van der Waals surface area contributed by atoms with E-state index in [1.807, 2.05) is 7.05 Å². The Morgan fingerprint density at radius 2 is 2.28 bits per heavy atom. The fraction of sp³-hybridized carbons (Fsp3) is 0.923. The molecule has 106 valence electrons. The number of hydrogen-bond acceptors (Lipinski definition) is 4. The largest absolute Gasteiger partial charge is 0.379 e. The summed E-state index contributed by atoms with van der Waals surface area (Å²) in [6.45, 7) is 3.84. The fourth-order valence-electron chi connectivity index (χ4n) is 1.91. The standard InChI is InChI=1S/C13H26N2O3/c1-14-7-2-6-13(16)15-8-4-9-17-11-12-5-3-10-18-12/h12,14H,2-11H2,1H3,(H,15,16). The van der Waals surface area contributed by atoms with Gasteiger partial charge in [-0.05, 0) is 39.3 Å². The van der Waals surface area contributed by atoms with Gasteiger partial charge in [0.2, 0.25) is 5.91 Å². The van der Waals surface area contributed by atoms with Gasteiger partial charge in [0, 0.05) is 26.2 Å². The second kappa shape index (κ2) is 10.3. The second-order valence-electron chi connectivity index (χ2n) is 4.62. The molecule has 2 N–H and O–H groups in total. The molecule has 0 aromatic carbocycles. The van der Waals surface area contributed by atoms with Crippen LogP contribution in [0.4, 0.5) is 0 Å². The molecule has 1 amide bonds. The third kappa shape index (κ3) is 7.63. The summed E-state index contributed by atoms with van der Waals surface area (Å²) in [6, 6.07) is 0. The van der Waals surface area contributed by atoms with Crippen LogP contribution in [0.15, 0.2) is 0 Å². The van der Waals surface area contributed by atoms with Crippen LogP contribution in [0.3, 0.4) is 0 Å². The van der Waals surface area contributed by atoms with Crippen molar-refractivity contribution in [1.82, 2.24) is 10.6 Å². The number of nitrogens with one attached hydrogen (secondary N) is 2.